The first kappa shape index (κ1) is 15.3. The third-order valence-electron chi connectivity index (χ3n) is 4.01. The van der Waals surface area contributed by atoms with Gasteiger partial charge in [0.25, 0.3) is 0 Å². The van der Waals surface area contributed by atoms with E-state index in [0.717, 1.165) is 44.7 Å². The lowest BCUT2D eigenvalue weighted by Gasteiger charge is -2.13. The molecule has 20 heavy (non-hydrogen) atoms. The molecule has 0 amide bonds. The smallest absolute Gasteiger partial charge is 0.119 e. The Kier molecular flexibility index (Phi) is 5.44. The second-order valence-electron chi connectivity index (χ2n) is 6.44. The molecule has 3 heteroatoms. The highest BCUT2D eigenvalue weighted by atomic mass is 16.5. The Morgan fingerprint density at radius 2 is 1.95 bits per heavy atom. The monoisotopic (exact) mass is 277 g/mol. The molecule has 3 nitrogen and oxygen atoms in total. The molecular formula is C17H27NO2. The van der Waals surface area contributed by atoms with Gasteiger partial charge in [-0.05, 0) is 42.9 Å². The van der Waals surface area contributed by atoms with Gasteiger partial charge >= 0.3 is 0 Å². The van der Waals surface area contributed by atoms with Gasteiger partial charge in [-0.1, -0.05) is 26.0 Å². The van der Waals surface area contributed by atoms with Gasteiger partial charge in [0.2, 0.25) is 0 Å². The normalized spacial score (nSPS) is 16.4. The fourth-order valence-electron chi connectivity index (χ4n) is 2.16. The van der Waals surface area contributed by atoms with Crippen LogP contribution in [0, 0.1) is 11.3 Å². The second-order valence-corrected chi connectivity index (χ2v) is 6.44. The number of hydrogen-bond donors (Lipinski definition) is 2. The van der Waals surface area contributed by atoms with Crippen molar-refractivity contribution >= 4 is 0 Å². The van der Waals surface area contributed by atoms with Gasteiger partial charge in [0.15, 0.2) is 0 Å². The van der Waals surface area contributed by atoms with Gasteiger partial charge in [-0.25, -0.2) is 0 Å². The molecule has 1 aliphatic rings. The van der Waals surface area contributed by atoms with Gasteiger partial charge in [0.05, 0.1) is 6.61 Å². The molecule has 0 heterocycles. The Morgan fingerprint density at radius 1 is 1.25 bits per heavy atom. The summed E-state index contributed by atoms with van der Waals surface area (Å²) >= 11 is 0. The quantitative estimate of drug-likeness (QED) is 0.729. The molecule has 0 atom stereocenters. The summed E-state index contributed by atoms with van der Waals surface area (Å²) < 4.78 is 5.70. The molecule has 0 saturated heterocycles. The first-order valence-corrected chi connectivity index (χ1v) is 7.67. The topological polar surface area (TPSA) is 41.5 Å². The Hall–Kier alpha value is -1.06. The van der Waals surface area contributed by atoms with Crippen LogP contribution in [-0.4, -0.2) is 24.9 Å². The predicted molar refractivity (Wildman–Crippen MR) is 81.9 cm³/mol. The molecule has 0 bridgehead atoms. The summed E-state index contributed by atoms with van der Waals surface area (Å²) in [6, 6.07) is 8.29. The van der Waals surface area contributed by atoms with Gasteiger partial charge < -0.3 is 15.2 Å². The average molecular weight is 277 g/mol. The molecule has 0 spiro atoms. The summed E-state index contributed by atoms with van der Waals surface area (Å²) in [5.74, 6) is 1.63. The highest BCUT2D eigenvalue weighted by Gasteiger charge is 2.41. The van der Waals surface area contributed by atoms with E-state index in [9.17, 15) is 5.11 Å². The lowest BCUT2D eigenvalue weighted by atomic mass is 10.1. The van der Waals surface area contributed by atoms with Crippen LogP contribution in [0.4, 0.5) is 0 Å². The zero-order valence-corrected chi connectivity index (χ0v) is 12.7. The van der Waals surface area contributed by atoms with Crippen molar-refractivity contribution in [1.29, 1.82) is 0 Å². The third-order valence-corrected chi connectivity index (χ3v) is 4.01. The second kappa shape index (κ2) is 7.09. The van der Waals surface area contributed by atoms with Crippen LogP contribution in [0.3, 0.4) is 0 Å². The summed E-state index contributed by atoms with van der Waals surface area (Å²) in [5.41, 5.74) is 1.44. The molecule has 0 aromatic heterocycles. The van der Waals surface area contributed by atoms with Gasteiger partial charge in [-0.15, -0.1) is 0 Å². The highest BCUT2D eigenvalue weighted by Crippen LogP contribution is 2.44. The van der Waals surface area contributed by atoms with Crippen LogP contribution in [-0.2, 0) is 6.54 Å². The van der Waals surface area contributed by atoms with Crippen molar-refractivity contribution in [2.24, 2.45) is 11.3 Å². The highest BCUT2D eigenvalue weighted by molar-refractivity contribution is 5.27. The number of nitrogens with one attached hydrogen (secondary N) is 1. The van der Waals surface area contributed by atoms with E-state index in [1.807, 2.05) is 12.1 Å². The van der Waals surface area contributed by atoms with E-state index in [2.05, 4.69) is 31.3 Å². The fraction of sp³-hybridized carbons (Fsp3) is 0.647. The Bertz CT molecular complexity index is 396. The van der Waals surface area contributed by atoms with Gasteiger partial charge in [-0.2, -0.15) is 0 Å². The molecule has 0 radical (unpaired) electrons. The van der Waals surface area contributed by atoms with Crippen molar-refractivity contribution in [3.05, 3.63) is 29.8 Å². The maximum atomic E-state index is 9.25. The molecule has 112 valence electrons. The van der Waals surface area contributed by atoms with Crippen molar-refractivity contribution in [3.63, 3.8) is 0 Å². The molecule has 1 aromatic rings. The zero-order chi connectivity index (χ0) is 14.4. The number of hydrogen-bond acceptors (Lipinski definition) is 3. The number of aliphatic hydroxyl groups excluding tert-OH is 1. The lowest BCUT2D eigenvalue weighted by Crippen LogP contribution is -2.26. The lowest BCUT2D eigenvalue weighted by molar-refractivity contribution is 0.207. The maximum Gasteiger partial charge on any atom is 0.119 e. The number of aliphatic hydroxyl groups is 1. The molecule has 1 aliphatic carbocycles. The third kappa shape index (κ3) is 4.80. The minimum atomic E-state index is 0.180. The number of ether oxygens (including phenoxy) is 1. The SMILES string of the molecule is CC(C)CCOc1ccc(CNCC2(CO)CC2)cc1. The van der Waals surface area contributed by atoms with E-state index in [1.54, 1.807) is 0 Å². The van der Waals surface area contributed by atoms with Crippen LogP contribution in [0.15, 0.2) is 24.3 Å². The van der Waals surface area contributed by atoms with Gasteiger partial charge in [-0.3, -0.25) is 0 Å². The largest absolute Gasteiger partial charge is 0.494 e. The fourth-order valence-corrected chi connectivity index (χ4v) is 2.16. The van der Waals surface area contributed by atoms with E-state index >= 15 is 0 Å². The average Bonchev–Trinajstić information content (AvgIpc) is 3.21. The predicted octanol–water partition coefficient (Wildman–Crippen LogP) is 2.97. The van der Waals surface area contributed by atoms with Crippen LogP contribution < -0.4 is 10.1 Å². The zero-order valence-electron chi connectivity index (χ0n) is 12.7. The minimum Gasteiger partial charge on any atom is -0.494 e. The first-order valence-electron chi connectivity index (χ1n) is 7.67. The van der Waals surface area contributed by atoms with Crippen molar-refractivity contribution in [2.75, 3.05) is 19.8 Å². The summed E-state index contributed by atoms with van der Waals surface area (Å²) in [5, 5.41) is 12.7. The van der Waals surface area contributed by atoms with E-state index in [-0.39, 0.29) is 5.41 Å². The Balaban J connectivity index is 1.68. The van der Waals surface area contributed by atoms with Crippen molar-refractivity contribution in [1.82, 2.24) is 5.32 Å². The Morgan fingerprint density at radius 3 is 2.50 bits per heavy atom. The molecule has 1 aromatic carbocycles. The molecular weight excluding hydrogens is 250 g/mol. The van der Waals surface area contributed by atoms with E-state index in [0.29, 0.717) is 12.5 Å². The maximum absolute atomic E-state index is 9.25. The number of benzene rings is 1. The Labute approximate surface area is 122 Å². The van der Waals surface area contributed by atoms with E-state index in [4.69, 9.17) is 4.74 Å². The van der Waals surface area contributed by atoms with Crippen LogP contribution in [0.25, 0.3) is 0 Å². The van der Waals surface area contributed by atoms with Crippen LogP contribution in [0.2, 0.25) is 0 Å². The van der Waals surface area contributed by atoms with E-state index in [1.165, 1.54) is 5.56 Å². The van der Waals surface area contributed by atoms with Gasteiger partial charge in [0, 0.05) is 25.1 Å². The molecule has 0 aliphatic heterocycles. The first-order chi connectivity index (χ1) is 9.63. The summed E-state index contributed by atoms with van der Waals surface area (Å²) in [6.45, 7) is 7.27. The molecule has 1 saturated carbocycles. The van der Waals surface area contributed by atoms with Crippen LogP contribution in [0.1, 0.15) is 38.7 Å². The summed E-state index contributed by atoms with van der Waals surface area (Å²) in [7, 11) is 0. The van der Waals surface area contributed by atoms with Gasteiger partial charge in [0.1, 0.15) is 5.75 Å². The van der Waals surface area contributed by atoms with Crippen molar-refractivity contribution < 1.29 is 9.84 Å². The van der Waals surface area contributed by atoms with Crippen molar-refractivity contribution in [2.45, 2.75) is 39.7 Å². The number of rotatable bonds is 9. The molecule has 1 fully saturated rings. The van der Waals surface area contributed by atoms with E-state index < -0.39 is 0 Å². The van der Waals surface area contributed by atoms with Crippen molar-refractivity contribution in [3.8, 4) is 5.75 Å². The molecule has 2 rings (SSSR count). The summed E-state index contributed by atoms with van der Waals surface area (Å²) in [6.07, 6.45) is 3.39. The van der Waals surface area contributed by atoms with Crippen LogP contribution in [0.5, 0.6) is 5.75 Å². The molecule has 0 unspecified atom stereocenters. The minimum absolute atomic E-state index is 0.180. The summed E-state index contributed by atoms with van der Waals surface area (Å²) in [4.78, 5) is 0. The molecule has 2 N–H and O–H groups in total. The standard InChI is InChI=1S/C17H27NO2/c1-14(2)7-10-20-16-5-3-15(4-6-16)11-18-12-17(13-19)8-9-17/h3-6,14,18-19H,7-13H2,1-2H3. The van der Waals surface area contributed by atoms with Crippen LogP contribution >= 0.6 is 0 Å².